The second-order valence-corrected chi connectivity index (χ2v) is 4.63. The molecule has 16 heavy (non-hydrogen) atoms. The molecular weight excluding hydrogens is 228 g/mol. The molecule has 0 aliphatic carbocycles. The molecule has 0 saturated carbocycles. The maximum atomic E-state index is 11.4. The molecule has 2 rings (SSSR count). The Kier molecular flexibility index (Phi) is 2.82. The minimum atomic E-state index is -1.31. The van der Waals surface area contributed by atoms with Crippen molar-refractivity contribution < 1.29 is 14.7 Å². The fraction of sp³-hybridized carbons (Fsp3) is 0.300. The maximum absolute atomic E-state index is 11.4. The van der Waals surface area contributed by atoms with Gasteiger partial charge in [0.25, 0.3) is 0 Å². The normalized spacial score (nSPS) is 24.4. The zero-order chi connectivity index (χ0) is 11.6. The highest BCUT2D eigenvalue weighted by Gasteiger charge is 2.50. The summed E-state index contributed by atoms with van der Waals surface area (Å²) in [4.78, 5) is 26.3. The summed E-state index contributed by atoms with van der Waals surface area (Å²) in [5.41, 5.74) is 0.525. The molecule has 1 aliphatic rings. The van der Waals surface area contributed by atoms with Crippen molar-refractivity contribution in [1.82, 2.24) is 9.88 Å². The van der Waals surface area contributed by atoms with Crippen LogP contribution in [0.15, 0.2) is 24.5 Å². The number of carbonyl (C=O) groups excluding carboxylic acids is 1. The number of pyridine rings is 1. The van der Waals surface area contributed by atoms with E-state index < -0.39 is 10.8 Å². The Morgan fingerprint density at radius 1 is 1.69 bits per heavy atom. The molecule has 1 aliphatic heterocycles. The Morgan fingerprint density at radius 3 is 3.06 bits per heavy atom. The van der Waals surface area contributed by atoms with Crippen molar-refractivity contribution in [3.63, 3.8) is 0 Å². The molecular formula is C10H10N2O3S. The van der Waals surface area contributed by atoms with Gasteiger partial charge in [-0.15, -0.1) is 11.8 Å². The first kappa shape index (κ1) is 10.9. The largest absolute Gasteiger partial charge is 0.479 e. The van der Waals surface area contributed by atoms with Crippen molar-refractivity contribution in [1.29, 1.82) is 0 Å². The molecule has 5 nitrogen and oxygen atoms in total. The molecule has 84 valence electrons. The van der Waals surface area contributed by atoms with Gasteiger partial charge in [0.15, 0.2) is 0 Å². The van der Waals surface area contributed by atoms with E-state index in [9.17, 15) is 14.7 Å². The highest BCUT2D eigenvalue weighted by molar-refractivity contribution is 8.01. The van der Waals surface area contributed by atoms with Gasteiger partial charge in [0.1, 0.15) is 0 Å². The van der Waals surface area contributed by atoms with Crippen LogP contribution < -0.4 is 0 Å². The monoisotopic (exact) mass is 238 g/mol. The third-order valence-corrected chi connectivity index (χ3v) is 3.97. The molecule has 1 unspecified atom stereocenters. The van der Waals surface area contributed by atoms with E-state index in [1.807, 2.05) is 0 Å². The van der Waals surface area contributed by atoms with Gasteiger partial charge in [0.05, 0.1) is 0 Å². The third kappa shape index (κ3) is 1.46. The Hall–Kier alpha value is -1.56. The predicted molar refractivity (Wildman–Crippen MR) is 58.8 cm³/mol. The standard InChI is InChI=1S/C10H10N2O3S/c13-7-12-4-5-16-10(12,9(14)15)8-2-1-3-11-6-8/h1-3,6-7H,4-5H2,(H,14,15). The summed E-state index contributed by atoms with van der Waals surface area (Å²) in [6, 6.07) is 3.35. The molecule has 6 heteroatoms. The number of aliphatic carboxylic acids is 1. The summed E-state index contributed by atoms with van der Waals surface area (Å²) < 4.78 is 0. The smallest absolute Gasteiger partial charge is 0.345 e. The number of amides is 1. The number of carboxylic acids is 1. The second kappa shape index (κ2) is 4.13. The van der Waals surface area contributed by atoms with Crippen LogP contribution in [0.25, 0.3) is 0 Å². The summed E-state index contributed by atoms with van der Waals surface area (Å²) in [6.07, 6.45) is 3.65. The number of nitrogens with zero attached hydrogens (tertiary/aromatic N) is 2. The van der Waals surface area contributed by atoms with Crippen molar-refractivity contribution in [3.05, 3.63) is 30.1 Å². The lowest BCUT2D eigenvalue weighted by atomic mass is 10.1. The van der Waals surface area contributed by atoms with Gasteiger partial charge in [-0.1, -0.05) is 6.07 Å². The van der Waals surface area contributed by atoms with Crippen molar-refractivity contribution in [2.24, 2.45) is 0 Å². The number of aromatic nitrogens is 1. The van der Waals surface area contributed by atoms with Crippen molar-refractivity contribution in [2.75, 3.05) is 12.3 Å². The van der Waals surface area contributed by atoms with Crippen LogP contribution in [0.2, 0.25) is 0 Å². The van der Waals surface area contributed by atoms with Crippen LogP contribution in [0.5, 0.6) is 0 Å². The molecule has 0 spiro atoms. The molecule has 1 atom stereocenters. The SMILES string of the molecule is O=CN1CCSC1(C(=O)O)c1cccnc1. The first-order chi connectivity index (χ1) is 7.71. The van der Waals surface area contributed by atoms with E-state index in [1.165, 1.54) is 22.9 Å². The average molecular weight is 238 g/mol. The molecule has 1 fully saturated rings. The lowest BCUT2D eigenvalue weighted by Gasteiger charge is -2.30. The molecule has 1 amide bonds. The Balaban J connectivity index is 2.52. The minimum Gasteiger partial charge on any atom is -0.479 e. The van der Waals surface area contributed by atoms with E-state index in [-0.39, 0.29) is 0 Å². The number of carboxylic acid groups (broad SMARTS) is 1. The van der Waals surface area contributed by atoms with Gasteiger partial charge in [0, 0.05) is 30.3 Å². The lowest BCUT2D eigenvalue weighted by molar-refractivity contribution is -0.148. The van der Waals surface area contributed by atoms with Crippen LogP contribution in [0.1, 0.15) is 5.56 Å². The van der Waals surface area contributed by atoms with Gasteiger partial charge >= 0.3 is 5.97 Å². The molecule has 1 N–H and O–H groups in total. The van der Waals surface area contributed by atoms with Gasteiger partial charge in [-0.2, -0.15) is 0 Å². The van der Waals surface area contributed by atoms with Crippen LogP contribution in [0.3, 0.4) is 0 Å². The van der Waals surface area contributed by atoms with E-state index in [0.717, 1.165) is 0 Å². The maximum Gasteiger partial charge on any atom is 0.345 e. The van der Waals surface area contributed by atoms with Crippen LogP contribution in [0, 0.1) is 0 Å². The lowest BCUT2D eigenvalue weighted by Crippen LogP contribution is -2.45. The van der Waals surface area contributed by atoms with E-state index in [2.05, 4.69) is 4.98 Å². The van der Waals surface area contributed by atoms with Crippen molar-refractivity contribution in [2.45, 2.75) is 4.87 Å². The number of hydrogen-bond donors (Lipinski definition) is 1. The summed E-state index contributed by atoms with van der Waals surface area (Å²) in [7, 11) is 0. The van der Waals surface area contributed by atoms with Crippen LogP contribution in [-0.4, -0.2) is 39.7 Å². The number of hydrogen-bond acceptors (Lipinski definition) is 4. The molecule has 0 bridgehead atoms. The van der Waals surface area contributed by atoms with Gasteiger partial charge in [0.2, 0.25) is 11.3 Å². The second-order valence-electron chi connectivity index (χ2n) is 3.34. The zero-order valence-corrected chi connectivity index (χ0v) is 9.18. The van der Waals surface area contributed by atoms with Crippen molar-refractivity contribution in [3.8, 4) is 0 Å². The topological polar surface area (TPSA) is 70.5 Å². The third-order valence-electron chi connectivity index (χ3n) is 2.52. The first-order valence-corrected chi connectivity index (χ1v) is 5.70. The van der Waals surface area contributed by atoms with E-state index in [0.29, 0.717) is 24.3 Å². The number of carbonyl (C=O) groups is 2. The van der Waals surface area contributed by atoms with Crippen LogP contribution >= 0.6 is 11.8 Å². The summed E-state index contributed by atoms with van der Waals surface area (Å²) in [5, 5.41) is 9.37. The molecule has 1 aromatic heterocycles. The van der Waals surface area contributed by atoms with E-state index in [1.54, 1.807) is 18.3 Å². The van der Waals surface area contributed by atoms with Crippen LogP contribution in [0.4, 0.5) is 0 Å². The summed E-state index contributed by atoms with van der Waals surface area (Å²) >= 11 is 1.24. The van der Waals surface area contributed by atoms with Gasteiger partial charge < -0.3 is 10.0 Å². The molecule has 1 aromatic rings. The molecule has 2 heterocycles. The fourth-order valence-electron chi connectivity index (χ4n) is 1.78. The zero-order valence-electron chi connectivity index (χ0n) is 8.37. The van der Waals surface area contributed by atoms with Gasteiger partial charge in [-0.3, -0.25) is 9.78 Å². The van der Waals surface area contributed by atoms with Crippen LogP contribution in [-0.2, 0) is 14.5 Å². The molecule has 0 radical (unpaired) electrons. The summed E-state index contributed by atoms with van der Waals surface area (Å²) in [5.74, 6) is -0.421. The first-order valence-electron chi connectivity index (χ1n) is 4.71. The molecule has 0 aromatic carbocycles. The van der Waals surface area contributed by atoms with Gasteiger partial charge in [-0.25, -0.2) is 4.79 Å². The fourth-order valence-corrected chi connectivity index (χ4v) is 3.07. The Morgan fingerprint density at radius 2 is 2.50 bits per heavy atom. The van der Waals surface area contributed by atoms with E-state index >= 15 is 0 Å². The highest BCUT2D eigenvalue weighted by atomic mass is 32.2. The number of thioether (sulfide) groups is 1. The Bertz CT molecular complexity index is 412. The quantitative estimate of drug-likeness (QED) is 0.777. The summed E-state index contributed by atoms with van der Waals surface area (Å²) in [6.45, 7) is 0.440. The van der Waals surface area contributed by atoms with E-state index in [4.69, 9.17) is 0 Å². The average Bonchev–Trinajstić information content (AvgIpc) is 2.74. The Labute approximate surface area is 96.5 Å². The highest BCUT2D eigenvalue weighted by Crippen LogP contribution is 2.43. The number of rotatable bonds is 3. The minimum absolute atomic E-state index is 0.440. The molecule has 1 saturated heterocycles. The van der Waals surface area contributed by atoms with Crippen molar-refractivity contribution >= 4 is 24.1 Å². The predicted octanol–water partition coefficient (Wildman–Crippen LogP) is 0.524. The van der Waals surface area contributed by atoms with Gasteiger partial charge in [-0.05, 0) is 6.07 Å².